The Morgan fingerprint density at radius 2 is 1.64 bits per heavy atom. The molecule has 2 aromatic carbocycles. The van der Waals surface area contributed by atoms with E-state index >= 15 is 0 Å². The molecule has 1 aliphatic rings. The first-order chi connectivity index (χ1) is 12.0. The lowest BCUT2D eigenvalue weighted by Crippen LogP contribution is -2.45. The van der Waals surface area contributed by atoms with Crippen LogP contribution in [0.4, 0.5) is 5.69 Å². The normalized spacial score (nSPS) is 14.4. The van der Waals surface area contributed by atoms with Crippen molar-refractivity contribution >= 4 is 23.4 Å². The number of hydrogen-bond acceptors (Lipinski definition) is 3. The minimum absolute atomic E-state index is 0.345. The molecule has 2 aromatic rings. The second-order valence-corrected chi connectivity index (χ2v) is 6.15. The monoisotopic (exact) mass is 336 g/mol. The van der Waals surface area contributed by atoms with E-state index in [4.69, 9.17) is 0 Å². The summed E-state index contributed by atoms with van der Waals surface area (Å²) in [5.41, 5.74) is 3.40. The largest absolute Gasteiger partial charge is 0.324 e. The van der Waals surface area contributed by atoms with Crippen molar-refractivity contribution in [3.8, 4) is 0 Å². The average molecular weight is 336 g/mol. The first-order valence-corrected chi connectivity index (χ1v) is 8.32. The van der Waals surface area contributed by atoms with Gasteiger partial charge in [0, 0.05) is 5.69 Å². The van der Waals surface area contributed by atoms with Gasteiger partial charge in [-0.2, -0.15) is 0 Å². The van der Waals surface area contributed by atoms with Gasteiger partial charge in [0.15, 0.2) is 0 Å². The van der Waals surface area contributed by atoms with Gasteiger partial charge in [-0.15, -0.1) is 0 Å². The van der Waals surface area contributed by atoms with Crippen molar-refractivity contribution in [2.45, 2.75) is 33.2 Å². The third-order valence-electron chi connectivity index (χ3n) is 4.58. The molecule has 1 unspecified atom stereocenters. The third-order valence-corrected chi connectivity index (χ3v) is 4.58. The maximum Gasteiger partial charge on any atom is 0.262 e. The van der Waals surface area contributed by atoms with Crippen LogP contribution in [-0.2, 0) is 11.2 Å². The molecule has 5 nitrogen and oxygen atoms in total. The van der Waals surface area contributed by atoms with Gasteiger partial charge < -0.3 is 5.32 Å². The van der Waals surface area contributed by atoms with Crippen molar-refractivity contribution < 1.29 is 14.4 Å². The summed E-state index contributed by atoms with van der Waals surface area (Å²) in [5.74, 6) is -1.23. The third kappa shape index (κ3) is 2.82. The zero-order chi connectivity index (χ0) is 18.1. The van der Waals surface area contributed by atoms with Crippen molar-refractivity contribution in [2.75, 3.05) is 5.32 Å². The number of amides is 3. The number of nitrogens with one attached hydrogen (secondary N) is 1. The van der Waals surface area contributed by atoms with E-state index in [1.54, 1.807) is 31.2 Å². The van der Waals surface area contributed by atoms with Gasteiger partial charge in [0.25, 0.3) is 11.8 Å². The van der Waals surface area contributed by atoms with E-state index in [0.29, 0.717) is 11.1 Å². The predicted octanol–water partition coefficient (Wildman–Crippen LogP) is 3.18. The molecule has 128 valence electrons. The van der Waals surface area contributed by atoms with Gasteiger partial charge in [0.1, 0.15) is 6.04 Å². The summed E-state index contributed by atoms with van der Waals surface area (Å²) in [4.78, 5) is 38.8. The number of benzene rings is 2. The Bertz CT molecular complexity index is 838. The van der Waals surface area contributed by atoms with Crippen LogP contribution in [0.25, 0.3) is 0 Å². The average Bonchev–Trinajstić information content (AvgIpc) is 2.87. The highest BCUT2D eigenvalue weighted by Crippen LogP contribution is 2.26. The Morgan fingerprint density at radius 1 is 1.04 bits per heavy atom. The first-order valence-electron chi connectivity index (χ1n) is 8.32. The highest BCUT2D eigenvalue weighted by molar-refractivity contribution is 6.23. The summed E-state index contributed by atoms with van der Waals surface area (Å²) in [6.45, 7) is 5.50. The second-order valence-electron chi connectivity index (χ2n) is 6.15. The van der Waals surface area contributed by atoms with Crippen molar-refractivity contribution in [1.29, 1.82) is 0 Å². The van der Waals surface area contributed by atoms with Crippen molar-refractivity contribution in [3.63, 3.8) is 0 Å². The van der Waals surface area contributed by atoms with Crippen LogP contribution in [0.3, 0.4) is 0 Å². The molecule has 3 rings (SSSR count). The Morgan fingerprint density at radius 3 is 2.20 bits per heavy atom. The van der Waals surface area contributed by atoms with Gasteiger partial charge >= 0.3 is 0 Å². The Kier molecular flexibility index (Phi) is 4.40. The number of imide groups is 1. The molecule has 0 saturated heterocycles. The zero-order valence-electron chi connectivity index (χ0n) is 14.5. The van der Waals surface area contributed by atoms with Crippen molar-refractivity contribution in [1.82, 2.24) is 4.90 Å². The first kappa shape index (κ1) is 16.9. The number of carbonyl (C=O) groups is 3. The fraction of sp³-hybridized carbons (Fsp3) is 0.250. The highest BCUT2D eigenvalue weighted by atomic mass is 16.2. The molecule has 3 amide bonds. The highest BCUT2D eigenvalue weighted by Gasteiger charge is 2.40. The number of aryl methyl sites for hydroxylation is 2. The van der Waals surface area contributed by atoms with Crippen LogP contribution in [0.15, 0.2) is 42.5 Å². The lowest BCUT2D eigenvalue weighted by Gasteiger charge is -2.23. The zero-order valence-corrected chi connectivity index (χ0v) is 14.5. The molecule has 0 saturated carbocycles. The Balaban J connectivity index is 1.85. The molecule has 0 fully saturated rings. The summed E-state index contributed by atoms with van der Waals surface area (Å²) in [5, 5.41) is 2.89. The number of hydrogen-bond donors (Lipinski definition) is 1. The molecule has 25 heavy (non-hydrogen) atoms. The summed E-state index contributed by atoms with van der Waals surface area (Å²) in [7, 11) is 0. The molecular weight excluding hydrogens is 316 g/mol. The summed E-state index contributed by atoms with van der Waals surface area (Å²) in [6.07, 6.45) is 0.776. The van der Waals surface area contributed by atoms with Crippen LogP contribution in [0.2, 0.25) is 0 Å². The van der Waals surface area contributed by atoms with Crippen molar-refractivity contribution in [2.24, 2.45) is 0 Å². The lowest BCUT2D eigenvalue weighted by molar-refractivity contribution is -0.119. The minimum atomic E-state index is -0.892. The van der Waals surface area contributed by atoms with E-state index in [1.165, 1.54) is 0 Å². The fourth-order valence-electron chi connectivity index (χ4n) is 3.11. The smallest absolute Gasteiger partial charge is 0.262 e. The van der Waals surface area contributed by atoms with Gasteiger partial charge in [0.05, 0.1) is 11.1 Å². The second kappa shape index (κ2) is 6.51. The Labute approximate surface area is 146 Å². The van der Waals surface area contributed by atoms with Gasteiger partial charge in [-0.1, -0.05) is 37.3 Å². The number of anilines is 1. The van der Waals surface area contributed by atoms with Crippen LogP contribution in [0, 0.1) is 6.92 Å². The van der Waals surface area contributed by atoms with Crippen LogP contribution in [0.1, 0.15) is 45.7 Å². The quantitative estimate of drug-likeness (QED) is 0.872. The maximum atomic E-state index is 12.7. The summed E-state index contributed by atoms with van der Waals surface area (Å²) in [6, 6.07) is 11.6. The minimum Gasteiger partial charge on any atom is -0.324 e. The van der Waals surface area contributed by atoms with E-state index in [0.717, 1.165) is 28.1 Å². The fourth-order valence-corrected chi connectivity index (χ4v) is 3.11. The number of nitrogens with zero attached hydrogens (tertiary/aromatic N) is 1. The molecule has 1 atom stereocenters. The van der Waals surface area contributed by atoms with E-state index in [9.17, 15) is 14.4 Å². The van der Waals surface area contributed by atoms with Gasteiger partial charge in [0.2, 0.25) is 5.91 Å². The molecule has 0 radical (unpaired) electrons. The predicted molar refractivity (Wildman–Crippen MR) is 95.6 cm³/mol. The number of fused-ring (bicyclic) bond motifs is 1. The molecule has 0 bridgehead atoms. The Hall–Kier alpha value is -2.95. The van der Waals surface area contributed by atoms with Crippen LogP contribution in [0.5, 0.6) is 0 Å². The number of para-hydroxylation sites is 1. The van der Waals surface area contributed by atoms with Crippen molar-refractivity contribution in [3.05, 3.63) is 64.7 Å². The molecule has 0 spiro atoms. The van der Waals surface area contributed by atoms with Crippen LogP contribution < -0.4 is 5.32 Å². The van der Waals surface area contributed by atoms with E-state index < -0.39 is 17.9 Å². The lowest BCUT2D eigenvalue weighted by atomic mass is 10.1. The van der Waals surface area contributed by atoms with E-state index in [1.807, 2.05) is 32.0 Å². The standard InChI is InChI=1S/C20H20N2O3/c1-4-14-9-7-8-12(2)17(14)21-18(23)13(3)22-19(24)15-10-5-6-11-16(15)20(22)25/h5-11,13H,4H2,1-3H3,(H,21,23). The van der Waals surface area contributed by atoms with Crippen LogP contribution in [-0.4, -0.2) is 28.7 Å². The molecule has 5 heteroatoms. The van der Waals surface area contributed by atoms with Gasteiger partial charge in [-0.05, 0) is 43.5 Å². The topological polar surface area (TPSA) is 66.5 Å². The number of carbonyl (C=O) groups excluding carboxylic acids is 3. The molecule has 0 aromatic heterocycles. The van der Waals surface area contributed by atoms with Gasteiger partial charge in [-0.3, -0.25) is 19.3 Å². The molecule has 1 N–H and O–H groups in total. The maximum absolute atomic E-state index is 12.7. The van der Waals surface area contributed by atoms with Crippen LogP contribution >= 0.6 is 0 Å². The molecule has 0 aliphatic carbocycles. The molecule has 1 aliphatic heterocycles. The van der Waals surface area contributed by atoms with E-state index in [2.05, 4.69) is 5.32 Å². The SMILES string of the molecule is CCc1cccc(C)c1NC(=O)C(C)N1C(=O)c2ccccc2C1=O. The summed E-state index contributed by atoms with van der Waals surface area (Å²) >= 11 is 0. The molecular formula is C20H20N2O3. The van der Waals surface area contributed by atoms with E-state index in [-0.39, 0.29) is 5.91 Å². The summed E-state index contributed by atoms with van der Waals surface area (Å²) < 4.78 is 0. The number of rotatable bonds is 4. The van der Waals surface area contributed by atoms with Gasteiger partial charge in [-0.25, -0.2) is 0 Å². The molecule has 1 heterocycles.